The number of amides is 1. The second kappa shape index (κ2) is 6.67. The Bertz CT molecular complexity index is 608. The van der Waals surface area contributed by atoms with E-state index in [2.05, 4.69) is 15.3 Å². The lowest BCUT2D eigenvalue weighted by atomic mass is 10.1. The van der Waals surface area contributed by atoms with E-state index in [9.17, 15) is 14.7 Å². The molecule has 2 aromatic rings. The number of benzene rings is 1. The van der Waals surface area contributed by atoms with Crippen molar-refractivity contribution in [1.29, 1.82) is 0 Å². The van der Waals surface area contributed by atoms with E-state index >= 15 is 0 Å². The van der Waals surface area contributed by atoms with E-state index in [1.165, 1.54) is 12.5 Å². The molecule has 0 aliphatic heterocycles. The van der Waals surface area contributed by atoms with E-state index in [0.717, 1.165) is 5.56 Å². The Morgan fingerprint density at radius 2 is 2.05 bits per heavy atom. The standard InChI is InChI=1S/C14H16N4O3/c15-6-9-1-3-10(4-2-9)13(19)18-12(14(20)21)5-11-7-16-8-17-11/h1-4,7-8,12H,5-6,15H2,(H,16,17)(H,18,19)(H,20,21). The molecule has 5 N–H and O–H groups in total. The summed E-state index contributed by atoms with van der Waals surface area (Å²) in [5.41, 5.74) is 7.42. The topological polar surface area (TPSA) is 121 Å². The predicted octanol–water partition coefficient (Wildman–Crippen LogP) is 0.294. The Labute approximate surface area is 121 Å². The minimum Gasteiger partial charge on any atom is -0.480 e. The van der Waals surface area contributed by atoms with Crippen molar-refractivity contribution < 1.29 is 14.7 Å². The number of nitrogens with zero attached hydrogens (tertiary/aromatic N) is 1. The molecule has 0 saturated carbocycles. The first-order valence-electron chi connectivity index (χ1n) is 6.40. The summed E-state index contributed by atoms with van der Waals surface area (Å²) >= 11 is 0. The van der Waals surface area contributed by atoms with Gasteiger partial charge in [-0.1, -0.05) is 12.1 Å². The molecular weight excluding hydrogens is 272 g/mol. The normalized spacial score (nSPS) is 11.9. The Morgan fingerprint density at radius 3 is 2.57 bits per heavy atom. The highest BCUT2D eigenvalue weighted by molar-refractivity contribution is 5.96. The van der Waals surface area contributed by atoms with Crippen LogP contribution in [0.4, 0.5) is 0 Å². The molecule has 2 rings (SSSR count). The van der Waals surface area contributed by atoms with Crippen molar-refractivity contribution in [1.82, 2.24) is 15.3 Å². The average Bonchev–Trinajstić information content (AvgIpc) is 2.99. The number of hydrogen-bond donors (Lipinski definition) is 4. The van der Waals surface area contributed by atoms with E-state index < -0.39 is 17.9 Å². The number of hydrogen-bond acceptors (Lipinski definition) is 4. The minimum atomic E-state index is -1.10. The van der Waals surface area contributed by atoms with Crippen LogP contribution in [-0.2, 0) is 17.8 Å². The van der Waals surface area contributed by atoms with E-state index in [0.29, 0.717) is 17.8 Å². The quantitative estimate of drug-likeness (QED) is 0.609. The average molecular weight is 288 g/mol. The second-order valence-electron chi connectivity index (χ2n) is 4.55. The van der Waals surface area contributed by atoms with Crippen LogP contribution in [0.2, 0.25) is 0 Å². The molecule has 1 heterocycles. The predicted molar refractivity (Wildman–Crippen MR) is 75.5 cm³/mol. The van der Waals surface area contributed by atoms with Gasteiger partial charge in [-0.15, -0.1) is 0 Å². The van der Waals surface area contributed by atoms with Crippen molar-refractivity contribution in [2.45, 2.75) is 19.0 Å². The number of carboxylic acid groups (broad SMARTS) is 1. The van der Waals surface area contributed by atoms with Gasteiger partial charge in [0.05, 0.1) is 6.33 Å². The van der Waals surface area contributed by atoms with Gasteiger partial charge in [0, 0.05) is 30.4 Å². The fourth-order valence-corrected chi connectivity index (χ4v) is 1.85. The molecule has 21 heavy (non-hydrogen) atoms. The van der Waals surface area contributed by atoms with Crippen LogP contribution in [0.25, 0.3) is 0 Å². The molecule has 110 valence electrons. The van der Waals surface area contributed by atoms with Gasteiger partial charge in [-0.05, 0) is 17.7 Å². The molecule has 0 spiro atoms. The fourth-order valence-electron chi connectivity index (χ4n) is 1.85. The number of nitrogens with two attached hydrogens (primary N) is 1. The molecule has 7 nitrogen and oxygen atoms in total. The Balaban J connectivity index is 2.05. The summed E-state index contributed by atoms with van der Waals surface area (Å²) in [6.07, 6.45) is 3.13. The molecule has 1 aromatic heterocycles. The van der Waals surface area contributed by atoms with Crippen LogP contribution in [0.15, 0.2) is 36.8 Å². The summed E-state index contributed by atoms with van der Waals surface area (Å²) in [6, 6.07) is 5.69. The van der Waals surface area contributed by atoms with E-state index in [1.54, 1.807) is 24.3 Å². The molecule has 0 radical (unpaired) electrons. The van der Waals surface area contributed by atoms with Gasteiger partial charge in [0.1, 0.15) is 6.04 Å². The van der Waals surface area contributed by atoms with Gasteiger partial charge >= 0.3 is 5.97 Å². The first kappa shape index (κ1) is 14.7. The molecule has 0 bridgehead atoms. The van der Waals surface area contributed by atoms with E-state index in [1.807, 2.05) is 0 Å². The largest absolute Gasteiger partial charge is 0.480 e. The fraction of sp³-hybridized carbons (Fsp3) is 0.214. The van der Waals surface area contributed by atoms with Crippen LogP contribution < -0.4 is 11.1 Å². The lowest BCUT2D eigenvalue weighted by Gasteiger charge is -2.13. The summed E-state index contributed by atoms with van der Waals surface area (Å²) < 4.78 is 0. The van der Waals surface area contributed by atoms with E-state index in [4.69, 9.17) is 5.73 Å². The smallest absolute Gasteiger partial charge is 0.326 e. The number of aromatic amines is 1. The lowest BCUT2D eigenvalue weighted by Crippen LogP contribution is -2.42. The monoisotopic (exact) mass is 288 g/mol. The highest BCUT2D eigenvalue weighted by Gasteiger charge is 2.21. The zero-order valence-electron chi connectivity index (χ0n) is 11.2. The second-order valence-corrected chi connectivity index (χ2v) is 4.55. The third kappa shape index (κ3) is 3.90. The van der Waals surface area contributed by atoms with Crippen molar-refractivity contribution in [3.8, 4) is 0 Å². The molecule has 1 atom stereocenters. The molecule has 0 aliphatic carbocycles. The molecule has 0 fully saturated rings. The summed E-state index contributed by atoms with van der Waals surface area (Å²) in [7, 11) is 0. The van der Waals surface area contributed by atoms with Gasteiger partial charge < -0.3 is 21.1 Å². The van der Waals surface area contributed by atoms with Crippen molar-refractivity contribution in [2.24, 2.45) is 5.73 Å². The summed E-state index contributed by atoms with van der Waals surface area (Å²) in [4.78, 5) is 29.9. The van der Waals surface area contributed by atoms with Gasteiger partial charge in [-0.25, -0.2) is 9.78 Å². The number of carboxylic acids is 1. The maximum Gasteiger partial charge on any atom is 0.326 e. The maximum atomic E-state index is 12.1. The highest BCUT2D eigenvalue weighted by Crippen LogP contribution is 2.05. The molecule has 1 unspecified atom stereocenters. The lowest BCUT2D eigenvalue weighted by molar-refractivity contribution is -0.139. The van der Waals surface area contributed by atoms with Crippen LogP contribution in [0.5, 0.6) is 0 Å². The molecular formula is C14H16N4O3. The van der Waals surface area contributed by atoms with Gasteiger partial charge in [0.15, 0.2) is 0 Å². The molecule has 1 aromatic carbocycles. The zero-order valence-corrected chi connectivity index (χ0v) is 11.2. The summed E-state index contributed by atoms with van der Waals surface area (Å²) in [5.74, 6) is -1.54. The van der Waals surface area contributed by atoms with Crippen LogP contribution in [0.3, 0.4) is 0 Å². The number of aliphatic carboxylic acids is 1. The number of carbonyl (C=O) groups is 2. The summed E-state index contributed by atoms with van der Waals surface area (Å²) in [5, 5.41) is 11.7. The number of rotatable bonds is 6. The number of nitrogens with one attached hydrogen (secondary N) is 2. The van der Waals surface area contributed by atoms with Crippen LogP contribution in [0.1, 0.15) is 21.6 Å². The Hall–Kier alpha value is -2.67. The highest BCUT2D eigenvalue weighted by atomic mass is 16.4. The molecule has 1 amide bonds. The zero-order chi connectivity index (χ0) is 15.2. The van der Waals surface area contributed by atoms with Gasteiger partial charge in [-0.3, -0.25) is 4.79 Å². The Morgan fingerprint density at radius 1 is 1.33 bits per heavy atom. The SMILES string of the molecule is NCc1ccc(C(=O)NC(Cc2cnc[nH]2)C(=O)O)cc1. The maximum absolute atomic E-state index is 12.1. The third-order valence-corrected chi connectivity index (χ3v) is 3.03. The van der Waals surface area contributed by atoms with Gasteiger partial charge in [-0.2, -0.15) is 0 Å². The Kier molecular flexibility index (Phi) is 4.68. The van der Waals surface area contributed by atoms with Crippen LogP contribution in [0, 0.1) is 0 Å². The van der Waals surface area contributed by atoms with Crippen molar-refractivity contribution in [2.75, 3.05) is 0 Å². The number of aromatic nitrogens is 2. The van der Waals surface area contributed by atoms with Crippen LogP contribution >= 0.6 is 0 Å². The van der Waals surface area contributed by atoms with Crippen molar-refractivity contribution in [3.05, 3.63) is 53.6 Å². The first-order chi connectivity index (χ1) is 10.1. The van der Waals surface area contributed by atoms with Crippen LogP contribution in [-0.4, -0.2) is 33.0 Å². The summed E-state index contributed by atoms with van der Waals surface area (Å²) in [6.45, 7) is 0.388. The minimum absolute atomic E-state index is 0.141. The number of imidazole rings is 1. The number of H-pyrrole nitrogens is 1. The number of carbonyl (C=O) groups excluding carboxylic acids is 1. The third-order valence-electron chi connectivity index (χ3n) is 3.03. The van der Waals surface area contributed by atoms with Crippen molar-refractivity contribution >= 4 is 11.9 Å². The van der Waals surface area contributed by atoms with Gasteiger partial charge in [0.2, 0.25) is 0 Å². The first-order valence-corrected chi connectivity index (χ1v) is 6.40. The van der Waals surface area contributed by atoms with Crippen molar-refractivity contribution in [3.63, 3.8) is 0 Å². The molecule has 0 aliphatic rings. The van der Waals surface area contributed by atoms with Gasteiger partial charge in [0.25, 0.3) is 5.91 Å². The molecule has 7 heteroatoms. The molecule has 0 saturated heterocycles. The van der Waals surface area contributed by atoms with E-state index in [-0.39, 0.29) is 6.42 Å².